The summed E-state index contributed by atoms with van der Waals surface area (Å²) in [5.41, 5.74) is 3.20. The van der Waals surface area contributed by atoms with E-state index in [1.54, 1.807) is 6.26 Å². The maximum atomic E-state index is 12.8. The Bertz CT molecular complexity index is 1130. The molecule has 0 amide bonds. The molecule has 0 radical (unpaired) electrons. The van der Waals surface area contributed by atoms with Crippen LogP contribution in [0.4, 0.5) is 0 Å². The third kappa shape index (κ3) is 3.34. The number of fused-ring (bicyclic) bond motifs is 1. The number of rotatable bonds is 5. The zero-order valence-electron chi connectivity index (χ0n) is 15.5. The molecule has 0 fully saturated rings. The molecule has 0 aliphatic rings. The zero-order chi connectivity index (χ0) is 19.0. The van der Waals surface area contributed by atoms with Crippen molar-refractivity contribution in [1.82, 2.24) is 14.9 Å². The van der Waals surface area contributed by atoms with Crippen molar-refractivity contribution >= 4 is 21.6 Å². The van der Waals surface area contributed by atoms with E-state index in [1.165, 1.54) is 22.5 Å². The van der Waals surface area contributed by atoms with Crippen molar-refractivity contribution in [3.05, 3.63) is 75.3 Å². The standard InChI is InChI=1S/C21H21N3O2S/c1-13-7-4-5-8-15(13)11-24(3)14(2)19-22-20(25)18-16(12-27-21(18)23-19)17-9-6-10-26-17/h4-10,12,14H,11H2,1-3H3,(H,22,23,25)/t14-/m0/s1. The number of benzene rings is 1. The van der Waals surface area contributed by atoms with Gasteiger partial charge in [-0.3, -0.25) is 9.69 Å². The summed E-state index contributed by atoms with van der Waals surface area (Å²) < 4.78 is 5.45. The number of aromatic nitrogens is 2. The van der Waals surface area contributed by atoms with Crippen molar-refractivity contribution in [1.29, 1.82) is 0 Å². The van der Waals surface area contributed by atoms with Crippen molar-refractivity contribution in [2.45, 2.75) is 26.4 Å². The molecule has 0 bridgehead atoms. The van der Waals surface area contributed by atoms with Crippen molar-refractivity contribution in [3.8, 4) is 11.3 Å². The highest BCUT2D eigenvalue weighted by atomic mass is 32.1. The quantitative estimate of drug-likeness (QED) is 0.544. The zero-order valence-corrected chi connectivity index (χ0v) is 16.3. The molecule has 0 saturated carbocycles. The Labute approximate surface area is 161 Å². The number of aromatic amines is 1. The Hall–Kier alpha value is -2.70. The molecule has 0 saturated heterocycles. The summed E-state index contributed by atoms with van der Waals surface area (Å²) >= 11 is 1.47. The molecule has 27 heavy (non-hydrogen) atoms. The lowest BCUT2D eigenvalue weighted by Crippen LogP contribution is -2.26. The molecule has 3 aromatic heterocycles. The van der Waals surface area contributed by atoms with Crippen molar-refractivity contribution < 1.29 is 4.42 Å². The Morgan fingerprint density at radius 1 is 1.26 bits per heavy atom. The van der Waals surface area contributed by atoms with E-state index in [9.17, 15) is 4.79 Å². The van der Waals surface area contributed by atoms with Gasteiger partial charge in [0.1, 0.15) is 16.4 Å². The summed E-state index contributed by atoms with van der Waals surface area (Å²) in [5.74, 6) is 1.36. The number of thiophene rings is 1. The van der Waals surface area contributed by atoms with Gasteiger partial charge in [0.25, 0.3) is 5.56 Å². The van der Waals surface area contributed by atoms with E-state index in [-0.39, 0.29) is 11.6 Å². The summed E-state index contributed by atoms with van der Waals surface area (Å²) in [7, 11) is 2.05. The molecule has 5 nitrogen and oxygen atoms in total. The van der Waals surface area contributed by atoms with Gasteiger partial charge >= 0.3 is 0 Å². The molecular formula is C21H21N3O2S. The van der Waals surface area contributed by atoms with Gasteiger partial charge in [-0.2, -0.15) is 0 Å². The van der Waals surface area contributed by atoms with Crippen molar-refractivity contribution in [3.63, 3.8) is 0 Å². The Balaban J connectivity index is 1.66. The van der Waals surface area contributed by atoms with Gasteiger partial charge in [0.05, 0.1) is 17.7 Å². The third-order valence-corrected chi connectivity index (χ3v) is 5.86. The van der Waals surface area contributed by atoms with E-state index in [4.69, 9.17) is 9.40 Å². The first-order valence-electron chi connectivity index (χ1n) is 8.84. The SMILES string of the molecule is Cc1ccccc1CN(C)[C@@H](C)c1nc2scc(-c3ccco3)c2c(=O)[nH]1. The van der Waals surface area contributed by atoms with Crippen LogP contribution in [0.3, 0.4) is 0 Å². The molecule has 1 N–H and O–H groups in total. The number of H-pyrrole nitrogens is 1. The van der Waals surface area contributed by atoms with E-state index in [0.717, 1.165) is 16.9 Å². The van der Waals surface area contributed by atoms with Crippen LogP contribution in [0.5, 0.6) is 0 Å². The molecule has 1 atom stereocenters. The number of aryl methyl sites for hydroxylation is 1. The van der Waals surface area contributed by atoms with Gasteiger partial charge < -0.3 is 9.40 Å². The molecule has 0 aliphatic carbocycles. The Morgan fingerprint density at radius 2 is 2.07 bits per heavy atom. The van der Waals surface area contributed by atoms with Crippen LogP contribution in [0.15, 0.2) is 57.3 Å². The molecule has 0 aliphatic heterocycles. The molecule has 0 unspecified atom stereocenters. The molecule has 6 heteroatoms. The van der Waals surface area contributed by atoms with Gasteiger partial charge in [-0.25, -0.2) is 4.98 Å². The number of nitrogens with zero attached hydrogens (tertiary/aromatic N) is 2. The molecule has 1 aromatic carbocycles. The lowest BCUT2D eigenvalue weighted by Gasteiger charge is -2.24. The van der Waals surface area contributed by atoms with Gasteiger partial charge in [-0.05, 0) is 44.2 Å². The minimum Gasteiger partial charge on any atom is -0.464 e. The second-order valence-corrected chi connectivity index (χ2v) is 7.63. The molecule has 4 aromatic rings. The molecule has 4 rings (SSSR count). The van der Waals surface area contributed by atoms with Gasteiger partial charge in [-0.15, -0.1) is 11.3 Å². The van der Waals surface area contributed by atoms with E-state index < -0.39 is 0 Å². The minimum absolute atomic E-state index is 0.0177. The van der Waals surface area contributed by atoms with Crippen LogP contribution >= 0.6 is 11.3 Å². The number of nitrogens with one attached hydrogen (secondary N) is 1. The minimum atomic E-state index is -0.126. The normalized spacial score (nSPS) is 12.7. The predicted molar refractivity (Wildman–Crippen MR) is 109 cm³/mol. The van der Waals surface area contributed by atoms with E-state index in [2.05, 4.69) is 41.9 Å². The van der Waals surface area contributed by atoms with Crippen LogP contribution in [-0.2, 0) is 6.54 Å². The first-order valence-corrected chi connectivity index (χ1v) is 9.72. The highest BCUT2D eigenvalue weighted by Crippen LogP contribution is 2.31. The highest BCUT2D eigenvalue weighted by molar-refractivity contribution is 7.17. The largest absolute Gasteiger partial charge is 0.464 e. The van der Waals surface area contributed by atoms with Gasteiger partial charge in [0.15, 0.2) is 0 Å². The van der Waals surface area contributed by atoms with Crippen LogP contribution in [0.2, 0.25) is 0 Å². The topological polar surface area (TPSA) is 62.1 Å². The fourth-order valence-corrected chi connectivity index (χ4v) is 4.11. The first-order chi connectivity index (χ1) is 13.0. The number of furan rings is 1. The number of hydrogen-bond acceptors (Lipinski definition) is 5. The maximum Gasteiger partial charge on any atom is 0.260 e. The molecule has 3 heterocycles. The van der Waals surface area contributed by atoms with Crippen LogP contribution in [0, 0.1) is 6.92 Å². The van der Waals surface area contributed by atoms with Gasteiger partial charge in [0.2, 0.25) is 0 Å². The monoisotopic (exact) mass is 379 g/mol. The average molecular weight is 379 g/mol. The van der Waals surface area contributed by atoms with Crippen molar-refractivity contribution in [2.75, 3.05) is 7.05 Å². The van der Waals surface area contributed by atoms with E-state index in [1.807, 2.05) is 30.6 Å². The molecule has 0 spiro atoms. The fourth-order valence-electron chi connectivity index (χ4n) is 3.18. The van der Waals surface area contributed by atoms with Crippen LogP contribution in [0.1, 0.15) is 29.9 Å². The highest BCUT2D eigenvalue weighted by Gasteiger charge is 2.19. The van der Waals surface area contributed by atoms with Gasteiger partial charge in [0, 0.05) is 17.5 Å². The lowest BCUT2D eigenvalue weighted by molar-refractivity contribution is 0.243. The lowest BCUT2D eigenvalue weighted by atomic mass is 10.1. The second kappa shape index (κ2) is 7.13. The van der Waals surface area contributed by atoms with E-state index in [0.29, 0.717) is 17.0 Å². The molecular weight excluding hydrogens is 358 g/mol. The first kappa shape index (κ1) is 17.7. The third-order valence-electron chi connectivity index (χ3n) is 4.99. The van der Waals surface area contributed by atoms with Gasteiger partial charge in [-0.1, -0.05) is 24.3 Å². The fraction of sp³-hybridized carbons (Fsp3) is 0.238. The van der Waals surface area contributed by atoms with Crippen LogP contribution in [-0.4, -0.2) is 21.9 Å². The van der Waals surface area contributed by atoms with Crippen LogP contribution < -0.4 is 5.56 Å². The van der Waals surface area contributed by atoms with Crippen LogP contribution in [0.25, 0.3) is 21.5 Å². The number of hydrogen-bond donors (Lipinski definition) is 1. The molecule has 138 valence electrons. The van der Waals surface area contributed by atoms with E-state index >= 15 is 0 Å². The Morgan fingerprint density at radius 3 is 2.81 bits per heavy atom. The smallest absolute Gasteiger partial charge is 0.260 e. The predicted octanol–water partition coefficient (Wildman–Crippen LogP) is 4.75. The summed E-state index contributed by atoms with van der Waals surface area (Å²) in [6.07, 6.45) is 1.61. The average Bonchev–Trinajstić information content (AvgIpc) is 3.32. The summed E-state index contributed by atoms with van der Waals surface area (Å²) in [4.78, 5) is 23.4. The Kier molecular flexibility index (Phi) is 4.68. The summed E-state index contributed by atoms with van der Waals surface area (Å²) in [5, 5.41) is 2.52. The summed E-state index contributed by atoms with van der Waals surface area (Å²) in [6.45, 7) is 4.96. The van der Waals surface area contributed by atoms with Crippen molar-refractivity contribution in [2.24, 2.45) is 0 Å². The second-order valence-electron chi connectivity index (χ2n) is 6.78. The summed E-state index contributed by atoms with van der Waals surface area (Å²) in [6, 6.07) is 12.0. The maximum absolute atomic E-state index is 12.8.